The fourth-order valence-corrected chi connectivity index (χ4v) is 4.53. The summed E-state index contributed by atoms with van der Waals surface area (Å²) in [6.07, 6.45) is 0.528. The predicted molar refractivity (Wildman–Crippen MR) is 97.4 cm³/mol. The van der Waals surface area contributed by atoms with Crippen molar-refractivity contribution in [2.75, 3.05) is 38.0 Å². The molecule has 0 aromatic heterocycles. The molecule has 1 saturated heterocycles. The summed E-state index contributed by atoms with van der Waals surface area (Å²) in [7, 11) is -3.59. The second-order valence-corrected chi connectivity index (χ2v) is 8.16. The summed E-state index contributed by atoms with van der Waals surface area (Å²) in [6.45, 7) is 5.27. The minimum atomic E-state index is -3.59. The second-order valence-electron chi connectivity index (χ2n) is 6.22. The number of hydrogen-bond donors (Lipinski definition) is 2. The Balaban J connectivity index is 2.02. The van der Waals surface area contributed by atoms with Gasteiger partial charge in [-0.2, -0.15) is 4.31 Å². The molecule has 1 aliphatic rings. The van der Waals surface area contributed by atoms with E-state index in [-0.39, 0.29) is 17.3 Å². The van der Waals surface area contributed by atoms with Gasteiger partial charge in [0.2, 0.25) is 15.9 Å². The summed E-state index contributed by atoms with van der Waals surface area (Å²) in [5.41, 5.74) is 0.400. The quantitative estimate of drug-likeness (QED) is 0.695. The molecule has 144 valence electrons. The summed E-state index contributed by atoms with van der Waals surface area (Å²) in [5, 5.41) is 11.7. The maximum atomic E-state index is 12.6. The van der Waals surface area contributed by atoms with Crippen molar-refractivity contribution in [3.8, 4) is 0 Å². The molecule has 1 aromatic rings. The number of carbonyl (C=O) groups excluding carboxylic acids is 1. The van der Waals surface area contributed by atoms with E-state index in [9.17, 15) is 18.0 Å². The smallest absolute Gasteiger partial charge is 0.307 e. The molecule has 0 radical (unpaired) electrons. The van der Waals surface area contributed by atoms with Crippen LogP contribution in [0.5, 0.6) is 0 Å². The Morgan fingerprint density at radius 3 is 2.58 bits per heavy atom. The maximum Gasteiger partial charge on any atom is 0.307 e. The molecule has 2 N–H and O–H groups in total. The highest BCUT2D eigenvalue weighted by atomic mass is 32.2. The van der Waals surface area contributed by atoms with Gasteiger partial charge in [-0.15, -0.1) is 0 Å². The third kappa shape index (κ3) is 4.80. The molecule has 1 unspecified atom stereocenters. The third-order valence-electron chi connectivity index (χ3n) is 4.45. The Labute approximate surface area is 153 Å². The number of hydrogen-bond acceptors (Lipinski definition) is 5. The molecule has 1 heterocycles. The Morgan fingerprint density at radius 1 is 1.31 bits per heavy atom. The number of nitrogens with zero attached hydrogens (tertiary/aromatic N) is 2. The topological polar surface area (TPSA) is 107 Å². The fourth-order valence-electron chi connectivity index (χ4n) is 3.03. The fraction of sp³-hybridized carbons (Fsp3) is 0.529. The van der Waals surface area contributed by atoms with Crippen molar-refractivity contribution in [2.24, 2.45) is 5.92 Å². The van der Waals surface area contributed by atoms with E-state index in [4.69, 9.17) is 5.11 Å². The largest absolute Gasteiger partial charge is 0.481 e. The zero-order valence-corrected chi connectivity index (χ0v) is 15.8. The van der Waals surface area contributed by atoms with Gasteiger partial charge in [0.05, 0.1) is 17.4 Å². The first-order valence-electron chi connectivity index (χ1n) is 8.63. The Kier molecular flexibility index (Phi) is 6.74. The summed E-state index contributed by atoms with van der Waals surface area (Å²) >= 11 is 0. The zero-order chi connectivity index (χ0) is 19.3. The highest BCUT2D eigenvalue weighted by molar-refractivity contribution is 7.89. The van der Waals surface area contributed by atoms with Gasteiger partial charge in [-0.1, -0.05) is 19.9 Å². The molecule has 8 nitrogen and oxygen atoms in total. The average molecular weight is 383 g/mol. The normalized spacial score (nSPS) is 18.2. The third-order valence-corrected chi connectivity index (χ3v) is 6.50. The van der Waals surface area contributed by atoms with E-state index in [1.165, 1.54) is 16.4 Å². The number of anilines is 1. The minimum Gasteiger partial charge on any atom is -0.481 e. The number of nitrogens with one attached hydrogen (secondary N) is 1. The Hall–Kier alpha value is -1.97. The molecule has 2 rings (SSSR count). The summed E-state index contributed by atoms with van der Waals surface area (Å²) in [4.78, 5) is 25.1. The van der Waals surface area contributed by atoms with Crippen molar-refractivity contribution in [3.63, 3.8) is 0 Å². The van der Waals surface area contributed by atoms with Crippen LogP contribution in [-0.4, -0.2) is 67.3 Å². The second kappa shape index (κ2) is 8.61. The van der Waals surface area contributed by atoms with Crippen LogP contribution in [0, 0.1) is 5.92 Å². The Bertz CT molecular complexity index is 761. The lowest BCUT2D eigenvalue weighted by molar-refractivity contribution is -0.141. The van der Waals surface area contributed by atoms with E-state index in [0.29, 0.717) is 38.3 Å². The molecule has 9 heteroatoms. The van der Waals surface area contributed by atoms with Gasteiger partial charge in [-0.05, 0) is 31.2 Å². The van der Waals surface area contributed by atoms with Gasteiger partial charge in [0.25, 0.3) is 0 Å². The van der Waals surface area contributed by atoms with Gasteiger partial charge < -0.3 is 10.4 Å². The number of rotatable bonds is 8. The molecule has 26 heavy (non-hydrogen) atoms. The van der Waals surface area contributed by atoms with Gasteiger partial charge >= 0.3 is 5.97 Å². The van der Waals surface area contributed by atoms with Crippen molar-refractivity contribution in [2.45, 2.75) is 25.2 Å². The number of carbonyl (C=O) groups is 2. The molecule has 1 aromatic carbocycles. The highest BCUT2D eigenvalue weighted by Crippen LogP contribution is 2.20. The van der Waals surface area contributed by atoms with Crippen LogP contribution >= 0.6 is 0 Å². The van der Waals surface area contributed by atoms with Crippen LogP contribution in [0.3, 0.4) is 0 Å². The van der Waals surface area contributed by atoms with Crippen LogP contribution in [0.4, 0.5) is 5.69 Å². The summed E-state index contributed by atoms with van der Waals surface area (Å²) in [5.74, 6) is -1.58. The van der Waals surface area contributed by atoms with Crippen molar-refractivity contribution in [1.29, 1.82) is 0 Å². The van der Waals surface area contributed by atoms with Crippen LogP contribution in [0.15, 0.2) is 29.2 Å². The monoisotopic (exact) mass is 383 g/mol. The van der Waals surface area contributed by atoms with Gasteiger partial charge in [0.1, 0.15) is 0 Å². The average Bonchev–Trinajstić information content (AvgIpc) is 3.04. The first-order valence-corrected chi connectivity index (χ1v) is 10.1. The molecule has 0 aliphatic carbocycles. The molecule has 1 fully saturated rings. The van der Waals surface area contributed by atoms with E-state index < -0.39 is 21.9 Å². The van der Waals surface area contributed by atoms with Crippen LogP contribution < -0.4 is 5.32 Å². The van der Waals surface area contributed by atoms with Gasteiger partial charge in [0.15, 0.2) is 0 Å². The van der Waals surface area contributed by atoms with Crippen molar-refractivity contribution < 1.29 is 23.1 Å². The van der Waals surface area contributed by atoms with E-state index in [0.717, 1.165) is 0 Å². The number of carboxylic acids is 1. The molecule has 1 aliphatic heterocycles. The SMILES string of the molecule is CCN(CC)S(=O)(=O)c1cccc(NC(=O)CN2CCC(C(=O)O)C2)c1. The maximum absolute atomic E-state index is 12.6. The number of benzene rings is 1. The van der Waals surface area contributed by atoms with Gasteiger partial charge in [-0.3, -0.25) is 14.5 Å². The van der Waals surface area contributed by atoms with Crippen LogP contribution in [0.2, 0.25) is 0 Å². The molecule has 0 spiro atoms. The van der Waals surface area contributed by atoms with Crippen molar-refractivity contribution in [3.05, 3.63) is 24.3 Å². The lowest BCUT2D eigenvalue weighted by atomic mass is 10.1. The zero-order valence-electron chi connectivity index (χ0n) is 15.0. The van der Waals surface area contributed by atoms with Crippen molar-refractivity contribution >= 4 is 27.6 Å². The number of carboxylic acid groups (broad SMARTS) is 1. The first kappa shape index (κ1) is 20.3. The summed E-state index contributed by atoms with van der Waals surface area (Å²) in [6, 6.07) is 6.16. The lowest BCUT2D eigenvalue weighted by Crippen LogP contribution is -2.32. The van der Waals surface area contributed by atoms with Crippen LogP contribution in [0.25, 0.3) is 0 Å². The van der Waals surface area contributed by atoms with E-state index in [2.05, 4.69) is 5.32 Å². The van der Waals surface area contributed by atoms with Gasteiger partial charge in [-0.25, -0.2) is 8.42 Å². The number of likely N-dealkylation sites (tertiary alicyclic amines) is 1. The predicted octanol–water partition coefficient (Wildman–Crippen LogP) is 1.06. The van der Waals surface area contributed by atoms with E-state index in [1.807, 2.05) is 0 Å². The van der Waals surface area contributed by atoms with Crippen LogP contribution in [0.1, 0.15) is 20.3 Å². The highest BCUT2D eigenvalue weighted by Gasteiger charge is 2.29. The van der Waals surface area contributed by atoms with E-state index in [1.54, 1.807) is 30.9 Å². The molecule has 0 bridgehead atoms. The van der Waals surface area contributed by atoms with E-state index >= 15 is 0 Å². The molecular weight excluding hydrogens is 358 g/mol. The lowest BCUT2D eigenvalue weighted by Gasteiger charge is -2.19. The first-order chi connectivity index (χ1) is 12.3. The molecule has 0 saturated carbocycles. The molecule has 1 amide bonds. The number of sulfonamides is 1. The van der Waals surface area contributed by atoms with Crippen molar-refractivity contribution in [1.82, 2.24) is 9.21 Å². The number of aliphatic carboxylic acids is 1. The molecule has 1 atom stereocenters. The molecular formula is C17H25N3O5S. The Morgan fingerprint density at radius 2 is 2.00 bits per heavy atom. The van der Waals surface area contributed by atoms with Gasteiger partial charge in [0, 0.05) is 25.3 Å². The summed E-state index contributed by atoms with van der Waals surface area (Å²) < 4.78 is 26.5. The number of amides is 1. The standard InChI is InChI=1S/C17H25N3O5S/c1-3-20(4-2)26(24,25)15-7-5-6-14(10-15)18-16(21)12-19-9-8-13(11-19)17(22)23/h5-7,10,13H,3-4,8-9,11-12H2,1-2H3,(H,18,21)(H,22,23). The van der Waals surface area contributed by atoms with Crippen LogP contribution in [-0.2, 0) is 19.6 Å². The minimum absolute atomic E-state index is 0.0802.